The van der Waals surface area contributed by atoms with E-state index in [1.54, 1.807) is 11.7 Å². The van der Waals surface area contributed by atoms with Gasteiger partial charge in [-0.2, -0.15) is 5.10 Å². The van der Waals surface area contributed by atoms with Crippen LogP contribution in [0.15, 0.2) is 12.4 Å². The summed E-state index contributed by atoms with van der Waals surface area (Å²) in [6, 6.07) is 0. The minimum atomic E-state index is -1.20. The van der Waals surface area contributed by atoms with Gasteiger partial charge in [0.1, 0.15) is 5.69 Å². The van der Waals surface area contributed by atoms with E-state index in [0.717, 1.165) is 23.7 Å². The second-order valence-electron chi connectivity index (χ2n) is 4.69. The first-order chi connectivity index (χ1) is 11.0. The number of carboxylic acids is 1. The first-order valence-electron chi connectivity index (χ1n) is 6.90. The minimum Gasteiger partial charge on any atom is -0.481 e. The second kappa shape index (κ2) is 6.86. The van der Waals surface area contributed by atoms with E-state index in [4.69, 9.17) is 9.84 Å². The molecule has 0 saturated heterocycles. The Morgan fingerprint density at radius 2 is 1.96 bits per heavy atom. The van der Waals surface area contributed by atoms with Crippen LogP contribution in [0.25, 0.3) is 0 Å². The van der Waals surface area contributed by atoms with Gasteiger partial charge in [-0.15, -0.1) is 0 Å². The third kappa shape index (κ3) is 3.44. The van der Waals surface area contributed by atoms with Gasteiger partial charge < -0.3 is 15.2 Å². The number of methoxy groups -OCH3 is 1. The van der Waals surface area contributed by atoms with Crippen molar-refractivity contribution >= 4 is 11.9 Å². The fourth-order valence-electron chi connectivity index (χ4n) is 2.14. The first kappa shape index (κ1) is 16.4. The molecule has 9 nitrogen and oxygen atoms in total. The molecule has 23 heavy (non-hydrogen) atoms. The van der Waals surface area contributed by atoms with Crippen LogP contribution < -0.4 is 10.1 Å². The summed E-state index contributed by atoms with van der Waals surface area (Å²) in [6.45, 7) is 2.19. The number of aryl methyl sites for hydroxylation is 2. The number of hydrogen-bond acceptors (Lipinski definition) is 6. The predicted molar refractivity (Wildman–Crippen MR) is 79.3 cm³/mol. The maximum Gasteiger partial charge on any atom is 0.356 e. The molecule has 2 heterocycles. The first-order valence-corrected chi connectivity index (χ1v) is 6.90. The lowest BCUT2D eigenvalue weighted by Crippen LogP contribution is -2.25. The van der Waals surface area contributed by atoms with E-state index in [1.165, 1.54) is 7.11 Å². The summed E-state index contributed by atoms with van der Waals surface area (Å²) in [5, 5.41) is 15.8. The highest BCUT2D eigenvalue weighted by atomic mass is 16.5. The number of aromatic carboxylic acids is 1. The molecule has 0 unspecified atom stereocenters. The van der Waals surface area contributed by atoms with Gasteiger partial charge in [0, 0.05) is 7.05 Å². The Bertz CT molecular complexity index is 724. The van der Waals surface area contributed by atoms with E-state index < -0.39 is 11.9 Å². The lowest BCUT2D eigenvalue weighted by atomic mass is 10.2. The Balaban J connectivity index is 2.11. The molecule has 0 aliphatic rings. The summed E-state index contributed by atoms with van der Waals surface area (Å²) in [5.41, 5.74) is 1.44. The van der Waals surface area contributed by atoms with Crippen LogP contribution >= 0.6 is 0 Å². The van der Waals surface area contributed by atoms with Crippen LogP contribution in [0.1, 0.15) is 39.2 Å². The van der Waals surface area contributed by atoms with Crippen LogP contribution in [0, 0.1) is 0 Å². The number of nitrogens with one attached hydrogen (secondary N) is 1. The maximum absolute atomic E-state index is 12.1. The number of aromatic nitrogens is 4. The lowest BCUT2D eigenvalue weighted by Gasteiger charge is -2.07. The number of nitrogens with zero attached hydrogens (tertiary/aromatic N) is 4. The van der Waals surface area contributed by atoms with Gasteiger partial charge in [-0.1, -0.05) is 6.92 Å². The highest BCUT2D eigenvalue weighted by Crippen LogP contribution is 2.21. The van der Waals surface area contributed by atoms with Gasteiger partial charge in [-0.05, 0) is 6.42 Å². The van der Waals surface area contributed by atoms with E-state index in [1.807, 2.05) is 6.92 Å². The fourth-order valence-corrected chi connectivity index (χ4v) is 2.14. The van der Waals surface area contributed by atoms with Gasteiger partial charge in [0.2, 0.25) is 5.88 Å². The smallest absolute Gasteiger partial charge is 0.356 e. The zero-order chi connectivity index (χ0) is 17.0. The largest absolute Gasteiger partial charge is 0.481 e. The molecule has 0 aromatic carbocycles. The maximum atomic E-state index is 12.1. The van der Waals surface area contributed by atoms with E-state index in [-0.39, 0.29) is 17.9 Å². The topological polar surface area (TPSA) is 119 Å². The molecule has 0 spiro atoms. The SMILES string of the molecule is CCc1nn(C)c(OC)c1CNC(=O)c1cnc(C(=O)O)cn1. The third-order valence-corrected chi connectivity index (χ3v) is 3.23. The highest BCUT2D eigenvalue weighted by molar-refractivity contribution is 5.92. The molecule has 0 atom stereocenters. The number of carbonyl (C=O) groups excluding carboxylic acids is 1. The van der Waals surface area contributed by atoms with Crippen molar-refractivity contribution in [1.82, 2.24) is 25.1 Å². The molecule has 0 aliphatic heterocycles. The molecule has 2 aromatic heterocycles. The van der Waals surface area contributed by atoms with E-state index in [0.29, 0.717) is 12.3 Å². The van der Waals surface area contributed by atoms with Crippen LogP contribution in [0.4, 0.5) is 0 Å². The molecule has 2 N–H and O–H groups in total. The molecule has 1 amide bonds. The average molecular weight is 319 g/mol. The second-order valence-corrected chi connectivity index (χ2v) is 4.69. The number of hydrogen-bond donors (Lipinski definition) is 2. The van der Waals surface area contributed by atoms with Crippen molar-refractivity contribution in [3.8, 4) is 5.88 Å². The minimum absolute atomic E-state index is 0.0379. The van der Waals surface area contributed by atoms with Crippen LogP contribution in [-0.2, 0) is 20.0 Å². The normalized spacial score (nSPS) is 10.4. The van der Waals surface area contributed by atoms with Gasteiger partial charge in [0.15, 0.2) is 5.69 Å². The summed E-state index contributed by atoms with van der Waals surface area (Å²) in [7, 11) is 3.30. The zero-order valence-corrected chi connectivity index (χ0v) is 13.0. The summed E-state index contributed by atoms with van der Waals surface area (Å²) < 4.78 is 6.91. The molecule has 2 rings (SSSR count). The van der Waals surface area contributed by atoms with E-state index >= 15 is 0 Å². The Labute approximate surface area is 132 Å². The Hall–Kier alpha value is -2.97. The van der Waals surface area contributed by atoms with Crippen molar-refractivity contribution in [2.24, 2.45) is 7.05 Å². The van der Waals surface area contributed by atoms with Crippen LogP contribution in [0.2, 0.25) is 0 Å². The fraction of sp³-hybridized carbons (Fsp3) is 0.357. The lowest BCUT2D eigenvalue weighted by molar-refractivity contribution is 0.0689. The van der Waals surface area contributed by atoms with Gasteiger partial charge >= 0.3 is 5.97 Å². The van der Waals surface area contributed by atoms with Crippen molar-refractivity contribution in [2.45, 2.75) is 19.9 Å². The third-order valence-electron chi connectivity index (χ3n) is 3.23. The predicted octanol–water partition coefficient (Wildman–Crippen LogP) is 0.409. The molecular weight excluding hydrogens is 302 g/mol. The van der Waals surface area contributed by atoms with Gasteiger partial charge in [0.05, 0.1) is 37.3 Å². The van der Waals surface area contributed by atoms with Crippen molar-refractivity contribution < 1.29 is 19.4 Å². The quantitative estimate of drug-likeness (QED) is 0.791. The Kier molecular flexibility index (Phi) is 4.89. The number of amides is 1. The standard InChI is InChI=1S/C14H17N5O4/c1-4-9-8(13(23-3)19(2)18-9)5-17-12(20)10-6-16-11(7-15-10)14(21)22/h6-7H,4-5H2,1-3H3,(H,17,20)(H,21,22). The molecule has 0 aliphatic carbocycles. The zero-order valence-electron chi connectivity index (χ0n) is 13.0. The van der Waals surface area contributed by atoms with Crippen molar-refractivity contribution in [3.05, 3.63) is 35.0 Å². The molecule has 122 valence electrons. The number of carbonyl (C=O) groups is 2. The molecule has 0 fully saturated rings. The van der Waals surface area contributed by atoms with E-state index in [2.05, 4.69) is 20.4 Å². The molecule has 9 heteroatoms. The van der Waals surface area contributed by atoms with Crippen LogP contribution in [0.5, 0.6) is 5.88 Å². The van der Waals surface area contributed by atoms with E-state index in [9.17, 15) is 9.59 Å². The monoisotopic (exact) mass is 319 g/mol. The summed E-state index contributed by atoms with van der Waals surface area (Å²) in [4.78, 5) is 30.2. The average Bonchev–Trinajstić information content (AvgIpc) is 2.87. The molecular formula is C14H17N5O4. The molecule has 2 aromatic rings. The number of rotatable bonds is 6. The van der Waals surface area contributed by atoms with Crippen LogP contribution in [-0.4, -0.2) is 43.8 Å². The van der Waals surface area contributed by atoms with Gasteiger partial charge in [-0.25, -0.2) is 19.4 Å². The Morgan fingerprint density at radius 1 is 1.30 bits per heavy atom. The van der Waals surface area contributed by atoms with Gasteiger partial charge in [-0.3, -0.25) is 4.79 Å². The molecule has 0 bridgehead atoms. The van der Waals surface area contributed by atoms with Crippen molar-refractivity contribution in [1.29, 1.82) is 0 Å². The summed E-state index contributed by atoms with van der Waals surface area (Å²) >= 11 is 0. The number of ether oxygens (including phenoxy) is 1. The summed E-state index contributed by atoms with van der Waals surface area (Å²) in [5.74, 6) is -1.08. The van der Waals surface area contributed by atoms with Crippen molar-refractivity contribution in [2.75, 3.05) is 7.11 Å². The molecule has 0 saturated carbocycles. The van der Waals surface area contributed by atoms with Crippen molar-refractivity contribution in [3.63, 3.8) is 0 Å². The summed E-state index contributed by atoms with van der Waals surface area (Å²) in [6.07, 6.45) is 2.87. The van der Waals surface area contributed by atoms with Gasteiger partial charge in [0.25, 0.3) is 5.91 Å². The van der Waals surface area contributed by atoms with Crippen LogP contribution in [0.3, 0.4) is 0 Å². The number of carboxylic acid groups (broad SMARTS) is 1. The highest BCUT2D eigenvalue weighted by Gasteiger charge is 2.17. The Morgan fingerprint density at radius 3 is 2.48 bits per heavy atom. The molecule has 0 radical (unpaired) electrons.